The molecule has 0 aliphatic carbocycles. The van der Waals surface area contributed by atoms with Crippen molar-refractivity contribution < 1.29 is 24.4 Å². The molecule has 3 aromatic carbocycles. The van der Waals surface area contributed by atoms with Crippen LogP contribution in [0.2, 0.25) is 0 Å². The number of aryl methyl sites for hydroxylation is 1. The average Bonchev–Trinajstić information content (AvgIpc) is 3.21. The molecule has 1 aromatic heterocycles. The van der Waals surface area contributed by atoms with Crippen molar-refractivity contribution in [2.24, 2.45) is 0 Å². The van der Waals surface area contributed by atoms with Crippen LogP contribution in [0.4, 0.5) is 5.69 Å². The molecule has 1 aliphatic heterocycles. The molecular weight excluding hydrogens is 510 g/mol. The van der Waals surface area contributed by atoms with Crippen molar-refractivity contribution in [3.8, 4) is 5.75 Å². The van der Waals surface area contributed by atoms with E-state index >= 15 is 0 Å². The highest BCUT2D eigenvalue weighted by Gasteiger charge is 2.46. The number of aliphatic hydroxyl groups excluding tert-OH is 1. The minimum absolute atomic E-state index is 0.0581. The van der Waals surface area contributed by atoms with Gasteiger partial charge in [-0.25, -0.2) is 0 Å². The third-order valence-electron chi connectivity index (χ3n) is 6.65. The number of nitro groups is 1. The van der Waals surface area contributed by atoms with E-state index in [9.17, 15) is 24.8 Å². The highest BCUT2D eigenvalue weighted by Crippen LogP contribution is 2.40. The number of Topliss-reactive ketones (excluding diaryl/α,β-unsaturated/α-hetero) is 1. The molecule has 9 nitrogen and oxygen atoms in total. The summed E-state index contributed by atoms with van der Waals surface area (Å²) >= 11 is 0. The summed E-state index contributed by atoms with van der Waals surface area (Å²) in [7, 11) is 0. The van der Waals surface area contributed by atoms with Crippen LogP contribution in [-0.4, -0.2) is 31.6 Å². The lowest BCUT2D eigenvalue weighted by Crippen LogP contribution is -2.29. The van der Waals surface area contributed by atoms with Crippen LogP contribution in [-0.2, 0) is 22.7 Å². The molecule has 4 aromatic rings. The quantitative estimate of drug-likeness (QED) is 0.104. The Kier molecular flexibility index (Phi) is 7.37. The predicted molar refractivity (Wildman–Crippen MR) is 147 cm³/mol. The van der Waals surface area contributed by atoms with E-state index in [0.717, 1.165) is 11.1 Å². The van der Waals surface area contributed by atoms with E-state index in [1.54, 1.807) is 48.8 Å². The second-order valence-electron chi connectivity index (χ2n) is 9.44. The molecular formula is C31H25N3O6. The van der Waals surface area contributed by atoms with Crippen LogP contribution in [0.25, 0.3) is 5.76 Å². The lowest BCUT2D eigenvalue weighted by molar-refractivity contribution is -0.384. The fraction of sp³-hybridized carbons (Fsp3) is 0.129. The van der Waals surface area contributed by atoms with Gasteiger partial charge in [0.1, 0.15) is 18.1 Å². The second kappa shape index (κ2) is 11.2. The molecule has 0 unspecified atom stereocenters. The first kappa shape index (κ1) is 26.3. The van der Waals surface area contributed by atoms with E-state index in [2.05, 4.69) is 4.98 Å². The first-order chi connectivity index (χ1) is 19.3. The summed E-state index contributed by atoms with van der Waals surface area (Å²) in [5.74, 6) is -1.40. The number of amides is 1. The summed E-state index contributed by atoms with van der Waals surface area (Å²) in [5, 5.41) is 22.5. The number of rotatable bonds is 8. The lowest BCUT2D eigenvalue weighted by atomic mass is 9.95. The van der Waals surface area contributed by atoms with Gasteiger partial charge in [0, 0.05) is 36.6 Å². The molecule has 1 saturated heterocycles. The Hall–Kier alpha value is -5.31. The van der Waals surface area contributed by atoms with Gasteiger partial charge in [-0.05, 0) is 66.1 Å². The number of ketones is 1. The fourth-order valence-corrected chi connectivity index (χ4v) is 4.69. The Morgan fingerprint density at radius 2 is 1.73 bits per heavy atom. The minimum Gasteiger partial charge on any atom is -0.507 e. The molecule has 0 spiro atoms. The predicted octanol–water partition coefficient (Wildman–Crippen LogP) is 5.50. The molecule has 200 valence electrons. The smallest absolute Gasteiger partial charge is 0.295 e. The van der Waals surface area contributed by atoms with Crippen molar-refractivity contribution in [2.45, 2.75) is 26.1 Å². The first-order valence-corrected chi connectivity index (χ1v) is 12.5. The summed E-state index contributed by atoms with van der Waals surface area (Å²) in [6.45, 7) is 2.43. The lowest BCUT2D eigenvalue weighted by Gasteiger charge is -2.25. The molecule has 0 bridgehead atoms. The number of aliphatic hydroxyl groups is 1. The van der Waals surface area contributed by atoms with Crippen molar-refractivity contribution in [1.82, 2.24) is 9.88 Å². The molecule has 5 rings (SSSR count). The van der Waals surface area contributed by atoms with Crippen LogP contribution in [0, 0.1) is 17.0 Å². The molecule has 2 heterocycles. The van der Waals surface area contributed by atoms with E-state index in [-0.39, 0.29) is 23.6 Å². The van der Waals surface area contributed by atoms with E-state index in [0.29, 0.717) is 29.0 Å². The topological polar surface area (TPSA) is 123 Å². The standard InChI is InChI=1S/C31H25N3O6/c1-20-4-2-5-21(16-20)19-40-26-13-9-24(10-14-26)29(35)27-28(23-7-11-25(12-8-23)34(38)39)33(31(37)30(27)36)18-22-6-3-15-32-17-22/h2-17,28,35H,18-19H2,1H3/b29-27+/t28-/m1/s1. The van der Waals surface area contributed by atoms with Gasteiger partial charge in [-0.15, -0.1) is 0 Å². The number of non-ortho nitro benzene ring substituents is 1. The maximum absolute atomic E-state index is 13.3. The van der Waals surface area contributed by atoms with E-state index in [4.69, 9.17) is 4.74 Å². The van der Waals surface area contributed by atoms with E-state index in [1.807, 2.05) is 31.2 Å². The van der Waals surface area contributed by atoms with Gasteiger partial charge in [0.2, 0.25) is 0 Å². The number of carbonyl (C=O) groups excluding carboxylic acids is 2. The number of likely N-dealkylation sites (tertiary alicyclic amines) is 1. The van der Waals surface area contributed by atoms with Gasteiger partial charge in [0.25, 0.3) is 17.4 Å². The fourth-order valence-electron chi connectivity index (χ4n) is 4.69. The summed E-state index contributed by atoms with van der Waals surface area (Å²) in [4.78, 5) is 42.5. The monoisotopic (exact) mass is 535 g/mol. The van der Waals surface area contributed by atoms with Gasteiger partial charge < -0.3 is 14.7 Å². The van der Waals surface area contributed by atoms with Crippen LogP contribution >= 0.6 is 0 Å². The van der Waals surface area contributed by atoms with Crippen molar-refractivity contribution in [3.05, 3.63) is 141 Å². The van der Waals surface area contributed by atoms with Crippen LogP contribution in [0.3, 0.4) is 0 Å². The maximum Gasteiger partial charge on any atom is 0.295 e. The number of benzene rings is 3. The Morgan fingerprint density at radius 1 is 1.00 bits per heavy atom. The molecule has 1 aliphatic rings. The highest BCUT2D eigenvalue weighted by molar-refractivity contribution is 6.46. The van der Waals surface area contributed by atoms with Crippen LogP contribution in [0.15, 0.2) is 103 Å². The zero-order chi connectivity index (χ0) is 28.2. The third kappa shape index (κ3) is 5.44. The van der Waals surface area contributed by atoms with Crippen molar-refractivity contribution >= 4 is 23.1 Å². The number of aromatic nitrogens is 1. The maximum atomic E-state index is 13.3. The SMILES string of the molecule is Cc1cccc(COc2ccc(/C(O)=C3\C(=O)C(=O)N(Cc4cccnc4)[C@@H]3c3ccc([N+](=O)[O-])cc3)cc2)c1. The Bertz CT molecular complexity index is 1600. The van der Waals surface area contributed by atoms with Gasteiger partial charge in [0.15, 0.2) is 0 Å². The van der Waals surface area contributed by atoms with Gasteiger partial charge in [-0.3, -0.25) is 24.7 Å². The van der Waals surface area contributed by atoms with Crippen molar-refractivity contribution in [2.75, 3.05) is 0 Å². The summed E-state index contributed by atoms with van der Waals surface area (Å²) < 4.78 is 5.86. The van der Waals surface area contributed by atoms with Crippen LogP contribution < -0.4 is 4.74 Å². The van der Waals surface area contributed by atoms with Gasteiger partial charge in [-0.2, -0.15) is 0 Å². The summed E-state index contributed by atoms with van der Waals surface area (Å²) in [6.07, 6.45) is 3.18. The number of hydrogen-bond acceptors (Lipinski definition) is 7. The van der Waals surface area contributed by atoms with Crippen LogP contribution in [0.5, 0.6) is 5.75 Å². The Labute approximate surface area is 230 Å². The van der Waals surface area contributed by atoms with E-state index < -0.39 is 22.7 Å². The average molecular weight is 536 g/mol. The third-order valence-corrected chi connectivity index (χ3v) is 6.65. The number of nitrogens with zero attached hydrogens (tertiary/aromatic N) is 3. The minimum atomic E-state index is -0.960. The molecule has 40 heavy (non-hydrogen) atoms. The van der Waals surface area contributed by atoms with Gasteiger partial charge >= 0.3 is 0 Å². The number of nitro benzene ring substituents is 1. The zero-order valence-electron chi connectivity index (χ0n) is 21.6. The number of carbonyl (C=O) groups is 2. The van der Waals surface area contributed by atoms with Gasteiger partial charge in [-0.1, -0.05) is 35.9 Å². The summed E-state index contributed by atoms with van der Waals surface area (Å²) in [5.41, 5.74) is 3.38. The molecule has 0 radical (unpaired) electrons. The molecule has 1 atom stereocenters. The number of pyridine rings is 1. The largest absolute Gasteiger partial charge is 0.507 e. The summed E-state index contributed by atoms with van der Waals surface area (Å²) in [6, 6.07) is 22.7. The molecule has 1 fully saturated rings. The van der Waals surface area contributed by atoms with Crippen LogP contribution in [0.1, 0.15) is 33.9 Å². The van der Waals surface area contributed by atoms with Crippen molar-refractivity contribution in [1.29, 1.82) is 0 Å². The van der Waals surface area contributed by atoms with E-state index in [1.165, 1.54) is 29.2 Å². The Balaban J connectivity index is 1.48. The molecule has 1 amide bonds. The first-order valence-electron chi connectivity index (χ1n) is 12.5. The zero-order valence-corrected chi connectivity index (χ0v) is 21.6. The molecule has 1 N–H and O–H groups in total. The number of ether oxygens (including phenoxy) is 1. The van der Waals surface area contributed by atoms with Crippen molar-refractivity contribution in [3.63, 3.8) is 0 Å². The molecule has 0 saturated carbocycles. The second-order valence-corrected chi connectivity index (χ2v) is 9.44. The highest BCUT2D eigenvalue weighted by atomic mass is 16.6. The molecule has 9 heteroatoms. The number of hydrogen-bond donors (Lipinski definition) is 1. The normalized spacial score (nSPS) is 16.2. The Morgan fingerprint density at radius 3 is 2.38 bits per heavy atom. The van der Waals surface area contributed by atoms with Gasteiger partial charge in [0.05, 0.1) is 16.5 Å².